The van der Waals surface area contributed by atoms with Crippen molar-refractivity contribution in [3.8, 4) is 0 Å². The molecule has 0 N–H and O–H groups in total. The van der Waals surface area contributed by atoms with Gasteiger partial charge in [0.15, 0.2) is 6.10 Å². The summed E-state index contributed by atoms with van der Waals surface area (Å²) >= 11 is 0. The third-order valence-electron chi connectivity index (χ3n) is 11.7. The van der Waals surface area contributed by atoms with E-state index in [0.717, 1.165) is 186 Å². The molecule has 0 rings (SSSR count). The Morgan fingerprint density at radius 3 is 0.800 bits per heavy atom. The molecule has 0 aliphatic carbocycles. The average molecular weight is 1030 g/mol. The van der Waals surface area contributed by atoms with Crippen LogP contribution in [0, 0.1) is 0 Å². The lowest BCUT2D eigenvalue weighted by Crippen LogP contribution is -2.30. The van der Waals surface area contributed by atoms with Crippen molar-refractivity contribution in [3.05, 3.63) is 170 Å². The monoisotopic (exact) mass is 1030 g/mol. The van der Waals surface area contributed by atoms with E-state index in [-0.39, 0.29) is 37.5 Å². The van der Waals surface area contributed by atoms with Crippen molar-refractivity contribution in [2.45, 2.75) is 232 Å². The predicted octanol–water partition coefficient (Wildman–Crippen LogP) is 20.3. The topological polar surface area (TPSA) is 78.9 Å². The molecule has 0 heterocycles. The van der Waals surface area contributed by atoms with Gasteiger partial charge in [-0.2, -0.15) is 0 Å². The van der Waals surface area contributed by atoms with Gasteiger partial charge in [0.05, 0.1) is 0 Å². The molecule has 1 atom stereocenters. The van der Waals surface area contributed by atoms with E-state index < -0.39 is 6.10 Å². The fourth-order valence-corrected chi connectivity index (χ4v) is 7.34. The first-order valence-electron chi connectivity index (χ1n) is 29.6. The summed E-state index contributed by atoms with van der Waals surface area (Å²) in [5, 5.41) is 0. The molecule has 0 aliphatic heterocycles. The molecule has 0 aromatic heterocycles. The van der Waals surface area contributed by atoms with Gasteiger partial charge < -0.3 is 14.2 Å². The van der Waals surface area contributed by atoms with E-state index in [1.807, 2.05) is 0 Å². The third kappa shape index (κ3) is 59.5. The van der Waals surface area contributed by atoms with E-state index in [0.29, 0.717) is 12.8 Å². The number of hydrogen-bond donors (Lipinski definition) is 0. The van der Waals surface area contributed by atoms with Crippen LogP contribution in [0.25, 0.3) is 0 Å². The highest BCUT2D eigenvalue weighted by atomic mass is 16.6. The molecular weight excluding hydrogens is 925 g/mol. The van der Waals surface area contributed by atoms with Crippen LogP contribution in [0.2, 0.25) is 0 Å². The Balaban J connectivity index is 4.25. The van der Waals surface area contributed by atoms with E-state index in [1.165, 1.54) is 0 Å². The van der Waals surface area contributed by atoms with Crippen LogP contribution in [-0.4, -0.2) is 37.2 Å². The zero-order chi connectivity index (χ0) is 54.3. The molecular formula is C69H106O6. The quantitative estimate of drug-likeness (QED) is 0.0261. The van der Waals surface area contributed by atoms with Gasteiger partial charge in [-0.25, -0.2) is 0 Å². The van der Waals surface area contributed by atoms with Gasteiger partial charge in [-0.05, 0) is 135 Å². The molecule has 0 saturated heterocycles. The SMILES string of the molecule is CC/C=C\C/C=C\C/C=C\C/C=C\C/C=C\C/C=C\C/C=C\C/C=C\CCCCCCC(=O)OCC(COC(=O)CCCCCCC)OC(=O)CCCCCC/C=C\C/C=C\C/C=C\C/C=C\C/C=C\C/C=C\CC. The van der Waals surface area contributed by atoms with Crippen LogP contribution >= 0.6 is 0 Å². The lowest BCUT2D eigenvalue weighted by atomic mass is 10.1. The summed E-state index contributed by atoms with van der Waals surface area (Å²) in [5.41, 5.74) is 0. The number of carbonyl (C=O) groups excluding carboxylic acids is 3. The van der Waals surface area contributed by atoms with E-state index in [9.17, 15) is 14.4 Å². The Bertz CT molecular complexity index is 1750. The Hall–Kier alpha value is -5.23. The summed E-state index contributed by atoms with van der Waals surface area (Å²) in [6, 6.07) is 0. The largest absolute Gasteiger partial charge is 0.462 e. The van der Waals surface area contributed by atoms with Gasteiger partial charge in [0.2, 0.25) is 0 Å². The summed E-state index contributed by atoms with van der Waals surface area (Å²) < 4.78 is 16.7. The van der Waals surface area contributed by atoms with Gasteiger partial charge in [-0.15, -0.1) is 0 Å². The van der Waals surface area contributed by atoms with Crippen LogP contribution in [0.3, 0.4) is 0 Å². The fourth-order valence-electron chi connectivity index (χ4n) is 7.34. The van der Waals surface area contributed by atoms with E-state index >= 15 is 0 Å². The number of allylic oxidation sites excluding steroid dienone is 28. The molecule has 0 aliphatic rings. The molecule has 6 nitrogen and oxygen atoms in total. The number of carbonyl (C=O) groups is 3. The normalized spacial score (nSPS) is 13.4. The van der Waals surface area contributed by atoms with Gasteiger partial charge in [0.1, 0.15) is 13.2 Å². The fraction of sp³-hybridized carbons (Fsp3) is 0.551. The van der Waals surface area contributed by atoms with Gasteiger partial charge in [0, 0.05) is 19.3 Å². The second-order valence-electron chi connectivity index (χ2n) is 18.8. The van der Waals surface area contributed by atoms with E-state index in [4.69, 9.17) is 14.2 Å². The standard InChI is InChI=1S/C69H106O6/c1-4-7-10-13-15-17-19-21-23-25-27-29-31-32-33-34-35-36-38-39-41-43-45-47-49-51-53-56-59-62-68(71)74-65-66(64-73-67(70)61-58-55-12-9-6-3)75-69(72)63-60-57-54-52-50-48-46-44-42-40-37-30-28-26-24-22-20-18-16-14-11-8-5-2/h7-8,10-11,15-18,21-24,27-30,32-33,35-36,39-42,45-48,66H,4-6,9,12-14,19-20,25-26,31,34,37-38,43-44,49-65H2,1-3H3/b10-7-,11-8-,17-15-,18-16-,23-21-,24-22-,29-27-,30-28-,33-32-,36-35-,41-39-,42-40-,47-45-,48-46-. The summed E-state index contributed by atoms with van der Waals surface area (Å²) in [5.74, 6) is -0.982. The first kappa shape index (κ1) is 69.8. The van der Waals surface area contributed by atoms with Crippen molar-refractivity contribution >= 4 is 17.9 Å². The van der Waals surface area contributed by atoms with Gasteiger partial charge in [-0.1, -0.05) is 242 Å². The first-order chi connectivity index (χ1) is 37.0. The van der Waals surface area contributed by atoms with Gasteiger partial charge >= 0.3 is 17.9 Å². The maximum atomic E-state index is 12.8. The zero-order valence-electron chi connectivity index (χ0n) is 47.7. The molecule has 0 aromatic carbocycles. The highest BCUT2D eigenvalue weighted by Gasteiger charge is 2.19. The minimum absolute atomic E-state index is 0.106. The molecule has 75 heavy (non-hydrogen) atoms. The molecule has 6 heteroatoms. The van der Waals surface area contributed by atoms with Crippen molar-refractivity contribution in [1.82, 2.24) is 0 Å². The number of esters is 3. The Morgan fingerprint density at radius 1 is 0.280 bits per heavy atom. The smallest absolute Gasteiger partial charge is 0.306 e. The lowest BCUT2D eigenvalue weighted by molar-refractivity contribution is -0.167. The first-order valence-corrected chi connectivity index (χ1v) is 29.6. The molecule has 1 unspecified atom stereocenters. The van der Waals surface area contributed by atoms with Crippen LogP contribution in [0.4, 0.5) is 0 Å². The van der Waals surface area contributed by atoms with Crippen LogP contribution in [0.1, 0.15) is 226 Å². The third-order valence-corrected chi connectivity index (χ3v) is 11.7. The Labute approximate surface area is 460 Å². The maximum Gasteiger partial charge on any atom is 0.306 e. The molecule has 0 bridgehead atoms. The van der Waals surface area contributed by atoms with Crippen LogP contribution in [0.5, 0.6) is 0 Å². The summed E-state index contributed by atoms with van der Waals surface area (Å²) in [7, 11) is 0. The molecule has 0 radical (unpaired) electrons. The molecule has 0 spiro atoms. The maximum absolute atomic E-state index is 12.8. The van der Waals surface area contributed by atoms with Crippen LogP contribution < -0.4 is 0 Å². The summed E-state index contributed by atoms with van der Waals surface area (Å²) in [4.78, 5) is 37.8. The van der Waals surface area contributed by atoms with E-state index in [2.05, 4.69) is 191 Å². The van der Waals surface area contributed by atoms with Crippen molar-refractivity contribution in [2.75, 3.05) is 13.2 Å². The summed E-state index contributed by atoms with van der Waals surface area (Å²) in [6.07, 6.45) is 91.0. The number of ether oxygens (including phenoxy) is 3. The molecule has 0 aromatic rings. The molecule has 0 fully saturated rings. The number of unbranched alkanes of at least 4 members (excludes halogenated alkanes) is 12. The van der Waals surface area contributed by atoms with E-state index in [1.54, 1.807) is 0 Å². The number of hydrogen-bond acceptors (Lipinski definition) is 6. The van der Waals surface area contributed by atoms with Crippen molar-refractivity contribution in [1.29, 1.82) is 0 Å². The van der Waals surface area contributed by atoms with Crippen LogP contribution in [0.15, 0.2) is 170 Å². The number of rotatable bonds is 51. The second kappa shape index (κ2) is 61.3. The highest BCUT2D eigenvalue weighted by molar-refractivity contribution is 5.71. The lowest BCUT2D eigenvalue weighted by Gasteiger charge is -2.18. The minimum Gasteiger partial charge on any atom is -0.462 e. The zero-order valence-corrected chi connectivity index (χ0v) is 47.7. The van der Waals surface area contributed by atoms with Gasteiger partial charge in [-0.3, -0.25) is 14.4 Å². The van der Waals surface area contributed by atoms with Crippen LogP contribution in [-0.2, 0) is 28.6 Å². The Morgan fingerprint density at radius 2 is 0.520 bits per heavy atom. The Kier molecular flexibility index (Phi) is 57.0. The van der Waals surface area contributed by atoms with Crippen molar-refractivity contribution in [3.63, 3.8) is 0 Å². The highest BCUT2D eigenvalue weighted by Crippen LogP contribution is 2.12. The molecule has 418 valence electrons. The molecule has 0 amide bonds. The van der Waals surface area contributed by atoms with Gasteiger partial charge in [0.25, 0.3) is 0 Å². The van der Waals surface area contributed by atoms with Crippen molar-refractivity contribution in [2.24, 2.45) is 0 Å². The predicted molar refractivity (Wildman–Crippen MR) is 325 cm³/mol. The minimum atomic E-state index is -0.808. The molecule has 0 saturated carbocycles. The average Bonchev–Trinajstić information content (AvgIpc) is 3.41. The summed E-state index contributed by atoms with van der Waals surface area (Å²) in [6.45, 7) is 6.26. The van der Waals surface area contributed by atoms with Crippen molar-refractivity contribution < 1.29 is 28.6 Å². The second-order valence-corrected chi connectivity index (χ2v) is 18.8.